The summed E-state index contributed by atoms with van der Waals surface area (Å²) < 4.78 is 31.3. The second-order valence-electron chi connectivity index (χ2n) is 5.30. The molecular weight excluding hydrogens is 276 g/mol. The summed E-state index contributed by atoms with van der Waals surface area (Å²) in [5, 5.41) is 0. The first-order valence-corrected chi connectivity index (χ1v) is 8.46. The Kier molecular flexibility index (Phi) is 4.55. The summed E-state index contributed by atoms with van der Waals surface area (Å²) in [4.78, 5) is 0. The summed E-state index contributed by atoms with van der Waals surface area (Å²) in [5.41, 5.74) is 6.26. The lowest BCUT2D eigenvalue weighted by molar-refractivity contribution is 0.326. The molecule has 0 aliphatic heterocycles. The second kappa shape index (κ2) is 6.01. The first-order chi connectivity index (χ1) is 9.42. The molecule has 1 aromatic rings. The smallest absolute Gasteiger partial charge is 0.217 e. The van der Waals surface area contributed by atoms with E-state index in [0.29, 0.717) is 17.4 Å². The van der Waals surface area contributed by atoms with Gasteiger partial charge in [-0.05, 0) is 37.8 Å². The van der Waals surface area contributed by atoms with Crippen molar-refractivity contribution in [2.45, 2.75) is 25.8 Å². The van der Waals surface area contributed by atoms with Crippen molar-refractivity contribution in [2.24, 2.45) is 5.92 Å². The molecule has 1 aromatic carbocycles. The maximum atomic E-state index is 12.2. The largest absolute Gasteiger partial charge is 0.490 e. The van der Waals surface area contributed by atoms with Gasteiger partial charge in [-0.3, -0.25) is 0 Å². The lowest BCUT2D eigenvalue weighted by Crippen LogP contribution is -2.39. The Labute approximate surface area is 120 Å². The molecule has 6 heteroatoms. The quantitative estimate of drug-likeness (QED) is 0.778. The molecule has 1 aliphatic rings. The molecule has 2 rings (SSSR count). The van der Waals surface area contributed by atoms with Crippen molar-refractivity contribution in [3.63, 3.8) is 0 Å². The fourth-order valence-electron chi connectivity index (χ4n) is 2.14. The van der Waals surface area contributed by atoms with Gasteiger partial charge in [0.2, 0.25) is 10.0 Å². The molecule has 1 aliphatic carbocycles. The minimum Gasteiger partial charge on any atom is -0.490 e. The highest BCUT2D eigenvalue weighted by molar-refractivity contribution is 7.89. The van der Waals surface area contributed by atoms with Crippen LogP contribution in [0.2, 0.25) is 0 Å². The van der Waals surface area contributed by atoms with Gasteiger partial charge >= 0.3 is 0 Å². The zero-order chi connectivity index (χ0) is 14.8. The predicted octanol–water partition coefficient (Wildman–Crippen LogP) is 1.71. The number of anilines is 1. The van der Waals surface area contributed by atoms with Crippen LogP contribution in [0, 0.1) is 5.92 Å². The van der Waals surface area contributed by atoms with E-state index in [1.54, 1.807) is 19.2 Å². The first kappa shape index (κ1) is 15.1. The van der Waals surface area contributed by atoms with Crippen LogP contribution in [-0.2, 0) is 10.0 Å². The summed E-state index contributed by atoms with van der Waals surface area (Å²) in [7, 11) is -1.63. The molecule has 0 saturated heterocycles. The fraction of sp³-hybridized carbons (Fsp3) is 0.571. The Morgan fingerprint density at radius 3 is 2.65 bits per heavy atom. The lowest BCUT2D eigenvalue weighted by Gasteiger charge is -2.24. The van der Waals surface area contributed by atoms with Crippen molar-refractivity contribution in [3.8, 4) is 5.75 Å². The van der Waals surface area contributed by atoms with E-state index in [9.17, 15) is 8.42 Å². The van der Waals surface area contributed by atoms with Crippen molar-refractivity contribution < 1.29 is 13.2 Å². The molecule has 0 spiro atoms. The zero-order valence-corrected chi connectivity index (χ0v) is 12.8. The number of nitrogens with zero attached hydrogens (tertiary/aromatic N) is 1. The van der Waals surface area contributed by atoms with Crippen LogP contribution < -0.4 is 10.5 Å². The fourth-order valence-corrected chi connectivity index (χ4v) is 3.40. The number of sulfonamides is 1. The van der Waals surface area contributed by atoms with Crippen molar-refractivity contribution in [1.29, 1.82) is 0 Å². The molecule has 2 N–H and O–H groups in total. The maximum Gasteiger partial charge on any atom is 0.217 e. The highest BCUT2D eigenvalue weighted by Gasteiger charge is 2.35. The number of hydrogen-bond acceptors (Lipinski definition) is 4. The standard InChI is InChI=1S/C14H22N2O3S/c1-11(12-7-8-12)16(2)20(17,18)10-9-19-14-6-4-3-5-13(14)15/h3-6,11-12H,7-10,15H2,1-2H3. The van der Waals surface area contributed by atoms with Gasteiger partial charge in [-0.1, -0.05) is 12.1 Å². The molecule has 1 fully saturated rings. The summed E-state index contributed by atoms with van der Waals surface area (Å²) in [6.45, 7) is 2.07. The van der Waals surface area contributed by atoms with Crippen LogP contribution in [0.4, 0.5) is 5.69 Å². The Balaban J connectivity index is 1.87. The monoisotopic (exact) mass is 298 g/mol. The third kappa shape index (κ3) is 3.64. The van der Waals surface area contributed by atoms with Gasteiger partial charge in [0.25, 0.3) is 0 Å². The molecule has 0 radical (unpaired) electrons. The third-order valence-corrected chi connectivity index (χ3v) is 5.73. The number of hydrogen-bond donors (Lipinski definition) is 1. The first-order valence-electron chi connectivity index (χ1n) is 6.85. The summed E-state index contributed by atoms with van der Waals surface area (Å²) in [6.07, 6.45) is 2.25. The van der Waals surface area contributed by atoms with Gasteiger partial charge in [-0.25, -0.2) is 12.7 Å². The number of rotatable bonds is 7. The molecule has 1 atom stereocenters. The maximum absolute atomic E-state index is 12.2. The van der Waals surface area contributed by atoms with Crippen molar-refractivity contribution >= 4 is 15.7 Å². The van der Waals surface area contributed by atoms with Gasteiger partial charge in [0.15, 0.2) is 0 Å². The minimum atomic E-state index is -3.28. The average Bonchev–Trinajstić information content (AvgIpc) is 3.23. The van der Waals surface area contributed by atoms with Crippen LogP contribution in [0.15, 0.2) is 24.3 Å². The number of nitrogen functional groups attached to an aromatic ring is 1. The molecule has 1 unspecified atom stereocenters. The summed E-state index contributed by atoms with van der Waals surface area (Å²) >= 11 is 0. The van der Waals surface area contributed by atoms with Gasteiger partial charge < -0.3 is 10.5 Å². The molecule has 5 nitrogen and oxygen atoms in total. The van der Waals surface area contributed by atoms with Crippen LogP contribution in [0.5, 0.6) is 5.75 Å². The summed E-state index contributed by atoms with van der Waals surface area (Å²) in [5.74, 6) is 1.01. The number of para-hydroxylation sites is 2. The molecule has 0 aromatic heterocycles. The highest BCUT2D eigenvalue weighted by Crippen LogP contribution is 2.35. The van der Waals surface area contributed by atoms with E-state index in [1.807, 2.05) is 19.1 Å². The van der Waals surface area contributed by atoms with E-state index in [-0.39, 0.29) is 18.4 Å². The Morgan fingerprint density at radius 2 is 2.05 bits per heavy atom. The second-order valence-corrected chi connectivity index (χ2v) is 7.44. The Morgan fingerprint density at radius 1 is 1.40 bits per heavy atom. The van der Waals surface area contributed by atoms with Crippen molar-refractivity contribution in [3.05, 3.63) is 24.3 Å². The molecule has 112 valence electrons. The van der Waals surface area contributed by atoms with Crippen LogP contribution >= 0.6 is 0 Å². The van der Waals surface area contributed by atoms with Crippen LogP contribution in [0.3, 0.4) is 0 Å². The lowest BCUT2D eigenvalue weighted by atomic mass is 10.2. The van der Waals surface area contributed by atoms with Gasteiger partial charge in [0.1, 0.15) is 12.4 Å². The topological polar surface area (TPSA) is 72.6 Å². The zero-order valence-electron chi connectivity index (χ0n) is 12.0. The SMILES string of the molecule is CC(C1CC1)N(C)S(=O)(=O)CCOc1ccccc1N. The minimum absolute atomic E-state index is 0.0328. The van der Waals surface area contributed by atoms with Crippen LogP contribution in [-0.4, -0.2) is 38.2 Å². The van der Waals surface area contributed by atoms with E-state index in [0.717, 1.165) is 12.8 Å². The third-order valence-electron chi connectivity index (χ3n) is 3.83. The van der Waals surface area contributed by atoms with Gasteiger partial charge in [-0.15, -0.1) is 0 Å². The predicted molar refractivity (Wildman–Crippen MR) is 80.1 cm³/mol. The molecular formula is C14H22N2O3S. The van der Waals surface area contributed by atoms with E-state index in [2.05, 4.69) is 0 Å². The highest BCUT2D eigenvalue weighted by atomic mass is 32.2. The van der Waals surface area contributed by atoms with Gasteiger partial charge in [-0.2, -0.15) is 0 Å². The number of ether oxygens (including phenoxy) is 1. The van der Waals surface area contributed by atoms with Crippen LogP contribution in [0.25, 0.3) is 0 Å². The van der Waals surface area contributed by atoms with Crippen molar-refractivity contribution in [1.82, 2.24) is 4.31 Å². The van der Waals surface area contributed by atoms with E-state index >= 15 is 0 Å². The van der Waals surface area contributed by atoms with Crippen LogP contribution in [0.1, 0.15) is 19.8 Å². The Bertz CT molecular complexity index is 555. The van der Waals surface area contributed by atoms with Crippen molar-refractivity contribution in [2.75, 3.05) is 25.1 Å². The normalized spacial score (nSPS) is 17.1. The van der Waals surface area contributed by atoms with E-state index in [4.69, 9.17) is 10.5 Å². The molecule has 0 amide bonds. The average molecular weight is 298 g/mol. The number of nitrogens with two attached hydrogens (primary N) is 1. The molecule has 0 heterocycles. The number of benzene rings is 1. The molecule has 1 saturated carbocycles. The van der Waals surface area contributed by atoms with E-state index < -0.39 is 10.0 Å². The molecule has 20 heavy (non-hydrogen) atoms. The van der Waals surface area contributed by atoms with E-state index in [1.165, 1.54) is 4.31 Å². The Hall–Kier alpha value is -1.27. The summed E-state index contributed by atoms with van der Waals surface area (Å²) in [6, 6.07) is 7.15. The van der Waals surface area contributed by atoms with Gasteiger partial charge in [0, 0.05) is 13.1 Å². The van der Waals surface area contributed by atoms with Gasteiger partial charge in [0.05, 0.1) is 11.4 Å². The molecule has 0 bridgehead atoms.